The van der Waals surface area contributed by atoms with E-state index in [-0.39, 0.29) is 5.91 Å². The first kappa shape index (κ1) is 13.5. The Morgan fingerprint density at radius 3 is 2.17 bits per heavy atom. The zero-order valence-corrected chi connectivity index (χ0v) is 12.4. The Morgan fingerprint density at radius 1 is 0.913 bits per heavy atom. The van der Waals surface area contributed by atoms with E-state index in [4.69, 9.17) is 0 Å². The molecule has 1 N–H and O–H groups in total. The van der Waals surface area contributed by atoms with Crippen molar-refractivity contribution in [1.29, 1.82) is 0 Å². The van der Waals surface area contributed by atoms with Gasteiger partial charge in [0.25, 0.3) is 5.91 Å². The molecule has 2 heterocycles. The Hall–Kier alpha value is -3.14. The van der Waals surface area contributed by atoms with Crippen LogP contribution in [-0.2, 0) is 6.67 Å². The van der Waals surface area contributed by atoms with Gasteiger partial charge in [-0.25, -0.2) is 0 Å². The summed E-state index contributed by atoms with van der Waals surface area (Å²) in [6, 6.07) is 20.0. The number of fused-ring (bicyclic) bond motifs is 3. The summed E-state index contributed by atoms with van der Waals surface area (Å²) >= 11 is 0. The topological polar surface area (TPSA) is 46.9 Å². The molecule has 4 heteroatoms. The van der Waals surface area contributed by atoms with E-state index in [1.165, 1.54) is 10.8 Å². The first-order valence-corrected chi connectivity index (χ1v) is 7.49. The molecule has 0 aliphatic heterocycles. The second-order valence-corrected chi connectivity index (χ2v) is 5.37. The molecule has 1 amide bonds. The molecule has 0 aliphatic rings. The average Bonchev–Trinajstić information content (AvgIpc) is 2.94. The molecular weight excluding hydrogens is 286 g/mol. The summed E-state index contributed by atoms with van der Waals surface area (Å²) in [7, 11) is 0. The molecule has 112 valence electrons. The smallest absolute Gasteiger partial charge is 0.254 e. The fourth-order valence-electron chi connectivity index (χ4n) is 2.92. The number of nitrogens with zero attached hydrogens (tertiary/aromatic N) is 2. The monoisotopic (exact) mass is 301 g/mol. The maximum absolute atomic E-state index is 12.2. The number of hydrogen-bond acceptors (Lipinski definition) is 2. The molecule has 0 atom stereocenters. The maximum atomic E-state index is 12.2. The highest BCUT2D eigenvalue weighted by molar-refractivity contribution is 6.08. The lowest BCUT2D eigenvalue weighted by Gasteiger charge is -2.09. The molecular formula is C19H15N3O. The van der Waals surface area contributed by atoms with Crippen LogP contribution in [0.3, 0.4) is 0 Å². The van der Waals surface area contributed by atoms with Crippen LogP contribution in [0.15, 0.2) is 73.1 Å². The van der Waals surface area contributed by atoms with Gasteiger partial charge < -0.3 is 9.88 Å². The summed E-state index contributed by atoms with van der Waals surface area (Å²) in [5.41, 5.74) is 2.79. The van der Waals surface area contributed by atoms with Gasteiger partial charge in [-0.1, -0.05) is 36.4 Å². The molecule has 0 radical (unpaired) electrons. The van der Waals surface area contributed by atoms with Crippen LogP contribution in [0.2, 0.25) is 0 Å². The molecule has 2 aromatic carbocycles. The van der Waals surface area contributed by atoms with Gasteiger partial charge in [-0.15, -0.1) is 0 Å². The molecule has 4 nitrogen and oxygen atoms in total. The highest BCUT2D eigenvalue weighted by atomic mass is 16.1. The van der Waals surface area contributed by atoms with Gasteiger partial charge in [0.05, 0.1) is 23.3 Å². The maximum Gasteiger partial charge on any atom is 0.254 e. The van der Waals surface area contributed by atoms with Gasteiger partial charge in [0.1, 0.15) is 0 Å². The lowest BCUT2D eigenvalue weighted by atomic mass is 10.2. The van der Waals surface area contributed by atoms with E-state index in [0.29, 0.717) is 12.2 Å². The van der Waals surface area contributed by atoms with Crippen molar-refractivity contribution in [3.05, 3.63) is 78.6 Å². The summed E-state index contributed by atoms with van der Waals surface area (Å²) in [4.78, 5) is 16.2. The van der Waals surface area contributed by atoms with Crippen LogP contribution in [0.4, 0.5) is 0 Å². The second-order valence-electron chi connectivity index (χ2n) is 5.37. The lowest BCUT2D eigenvalue weighted by Crippen LogP contribution is -2.26. The van der Waals surface area contributed by atoms with Crippen molar-refractivity contribution in [1.82, 2.24) is 14.9 Å². The van der Waals surface area contributed by atoms with Crippen molar-refractivity contribution in [2.24, 2.45) is 0 Å². The van der Waals surface area contributed by atoms with E-state index in [1.807, 2.05) is 24.3 Å². The summed E-state index contributed by atoms with van der Waals surface area (Å²) in [6.07, 6.45) is 3.23. The fourth-order valence-corrected chi connectivity index (χ4v) is 2.92. The molecule has 4 rings (SSSR count). The Morgan fingerprint density at radius 2 is 1.57 bits per heavy atom. The van der Waals surface area contributed by atoms with Crippen molar-refractivity contribution in [2.45, 2.75) is 6.67 Å². The van der Waals surface area contributed by atoms with Gasteiger partial charge in [-0.3, -0.25) is 9.78 Å². The Balaban J connectivity index is 1.72. The van der Waals surface area contributed by atoms with Gasteiger partial charge in [0, 0.05) is 23.2 Å². The number of rotatable bonds is 3. The third-order valence-corrected chi connectivity index (χ3v) is 4.00. The van der Waals surface area contributed by atoms with Gasteiger partial charge in [0.2, 0.25) is 0 Å². The van der Waals surface area contributed by atoms with Crippen LogP contribution in [0.1, 0.15) is 10.4 Å². The van der Waals surface area contributed by atoms with E-state index in [2.05, 4.69) is 39.1 Å². The third-order valence-electron chi connectivity index (χ3n) is 4.00. The van der Waals surface area contributed by atoms with Crippen LogP contribution in [0.25, 0.3) is 21.8 Å². The number of aromatic nitrogens is 2. The van der Waals surface area contributed by atoms with Crippen LogP contribution in [-0.4, -0.2) is 15.5 Å². The minimum Gasteiger partial charge on any atom is -0.334 e. The third kappa shape index (κ3) is 2.34. The number of carbonyl (C=O) groups excluding carboxylic acids is 1. The first-order chi connectivity index (χ1) is 11.3. The zero-order chi connectivity index (χ0) is 15.6. The molecule has 0 bridgehead atoms. The van der Waals surface area contributed by atoms with Crippen LogP contribution in [0, 0.1) is 0 Å². The minimum absolute atomic E-state index is 0.125. The van der Waals surface area contributed by atoms with Gasteiger partial charge in [-0.05, 0) is 24.3 Å². The molecule has 0 fully saturated rings. The van der Waals surface area contributed by atoms with Gasteiger partial charge in [0.15, 0.2) is 0 Å². The van der Waals surface area contributed by atoms with Gasteiger partial charge >= 0.3 is 0 Å². The summed E-state index contributed by atoms with van der Waals surface area (Å²) in [5, 5.41) is 5.36. The molecule has 0 saturated heterocycles. The van der Waals surface area contributed by atoms with Crippen molar-refractivity contribution in [3.8, 4) is 0 Å². The average molecular weight is 301 g/mol. The number of hydrogen-bond donors (Lipinski definition) is 1. The highest BCUT2D eigenvalue weighted by Gasteiger charge is 2.11. The van der Waals surface area contributed by atoms with Crippen molar-refractivity contribution < 1.29 is 4.79 Å². The predicted octanol–water partition coefficient (Wildman–Crippen LogP) is 3.58. The number of pyridine rings is 1. The van der Waals surface area contributed by atoms with Crippen LogP contribution >= 0.6 is 0 Å². The lowest BCUT2D eigenvalue weighted by molar-refractivity contribution is 0.0943. The van der Waals surface area contributed by atoms with E-state index in [1.54, 1.807) is 24.5 Å². The quantitative estimate of drug-likeness (QED) is 0.629. The molecule has 2 aromatic heterocycles. The highest BCUT2D eigenvalue weighted by Crippen LogP contribution is 2.28. The van der Waals surface area contributed by atoms with E-state index < -0.39 is 0 Å². The standard InChI is InChI=1S/C19H15N3O/c23-19(14-6-5-11-20-12-14)21-13-22-17-9-3-1-7-15(17)16-8-2-4-10-18(16)22/h1-12H,13H2,(H,21,23). The molecule has 0 aliphatic carbocycles. The SMILES string of the molecule is O=C(NCn1c2ccccc2c2ccccc21)c1cccnc1. The van der Waals surface area contributed by atoms with E-state index >= 15 is 0 Å². The van der Waals surface area contributed by atoms with Crippen LogP contribution in [0.5, 0.6) is 0 Å². The second kappa shape index (κ2) is 5.57. The minimum atomic E-state index is -0.125. The largest absolute Gasteiger partial charge is 0.334 e. The Kier molecular flexibility index (Phi) is 3.27. The number of nitrogens with one attached hydrogen (secondary N) is 1. The van der Waals surface area contributed by atoms with Crippen molar-refractivity contribution in [3.63, 3.8) is 0 Å². The normalized spacial score (nSPS) is 11.0. The Bertz CT molecular complexity index is 936. The van der Waals surface area contributed by atoms with E-state index in [0.717, 1.165) is 11.0 Å². The molecule has 0 saturated carbocycles. The number of benzene rings is 2. The van der Waals surface area contributed by atoms with Crippen LogP contribution < -0.4 is 5.32 Å². The number of amides is 1. The summed E-state index contributed by atoms with van der Waals surface area (Å²) < 4.78 is 2.12. The molecule has 0 unspecified atom stereocenters. The molecule has 23 heavy (non-hydrogen) atoms. The molecule has 4 aromatic rings. The summed E-state index contributed by atoms with van der Waals surface area (Å²) in [6.45, 7) is 0.418. The fraction of sp³-hybridized carbons (Fsp3) is 0.0526. The number of para-hydroxylation sites is 2. The van der Waals surface area contributed by atoms with Crippen molar-refractivity contribution >= 4 is 27.7 Å². The zero-order valence-electron chi connectivity index (χ0n) is 12.4. The predicted molar refractivity (Wildman–Crippen MR) is 91.1 cm³/mol. The van der Waals surface area contributed by atoms with E-state index in [9.17, 15) is 4.79 Å². The van der Waals surface area contributed by atoms with Crippen molar-refractivity contribution in [2.75, 3.05) is 0 Å². The molecule has 0 spiro atoms. The number of carbonyl (C=O) groups is 1. The Labute approximate surface area is 133 Å². The summed E-state index contributed by atoms with van der Waals surface area (Å²) in [5.74, 6) is -0.125. The first-order valence-electron chi connectivity index (χ1n) is 7.49. The van der Waals surface area contributed by atoms with Gasteiger partial charge in [-0.2, -0.15) is 0 Å².